The Hall–Kier alpha value is -17.1. The summed E-state index contributed by atoms with van der Waals surface area (Å²) in [7, 11) is 0. The van der Waals surface area contributed by atoms with E-state index in [0.29, 0.717) is 34.9 Å². The molecule has 0 aliphatic heterocycles. The molecule has 0 atom stereocenters. The third kappa shape index (κ3) is 13.1. The fourth-order valence-electron chi connectivity index (χ4n) is 20.5. The van der Waals surface area contributed by atoms with Crippen LogP contribution in [0.2, 0.25) is 0 Å². The highest BCUT2D eigenvalue weighted by atomic mass is 16.3. The van der Waals surface area contributed by atoms with E-state index in [1.165, 1.54) is 75.8 Å². The molecule has 0 bridgehead atoms. The molecular weight excluding hydrogens is 1610 g/mol. The van der Waals surface area contributed by atoms with E-state index >= 15 is 0 Å². The average Bonchev–Trinajstić information content (AvgIpc) is 1.35. The molecule has 10 heteroatoms. The molecule has 0 fully saturated rings. The molecule has 0 aliphatic rings. The highest BCUT2D eigenvalue weighted by molar-refractivity contribution is 6.33. The highest BCUT2D eigenvalue weighted by Gasteiger charge is 2.28. The topological polar surface area (TPSA) is 129 Å². The van der Waals surface area contributed by atoms with Gasteiger partial charge in [-0.15, -0.1) is 0 Å². The lowest BCUT2D eigenvalue weighted by molar-refractivity contribution is 0.669. The van der Waals surface area contributed by atoms with Crippen molar-refractivity contribution < 1.29 is 8.83 Å². The maximum Gasteiger partial charge on any atom is 0.164 e. The summed E-state index contributed by atoms with van der Waals surface area (Å²) in [6.07, 6.45) is 0. The minimum atomic E-state index is 0.592. The van der Waals surface area contributed by atoms with E-state index in [2.05, 4.69) is 406 Å². The van der Waals surface area contributed by atoms with Gasteiger partial charge in [-0.05, 0) is 202 Å². The minimum absolute atomic E-state index is 0.592. The van der Waals surface area contributed by atoms with Crippen LogP contribution in [-0.4, -0.2) is 39.9 Å². The van der Waals surface area contributed by atoms with E-state index in [4.69, 9.17) is 48.7 Å². The molecule has 0 unspecified atom stereocenters. The first-order valence-corrected chi connectivity index (χ1v) is 44.9. The van der Waals surface area contributed by atoms with Crippen LogP contribution in [0.3, 0.4) is 0 Å². The minimum Gasteiger partial charge on any atom is -0.456 e. The summed E-state index contributed by atoms with van der Waals surface area (Å²) in [6.45, 7) is 12.6. The second-order valence-electron chi connectivity index (χ2n) is 35.2. The van der Waals surface area contributed by atoms with Gasteiger partial charge < -0.3 is 8.83 Å². The second kappa shape index (κ2) is 30.9. The van der Waals surface area contributed by atoms with Gasteiger partial charge in [0, 0.05) is 109 Å². The quantitative estimate of drug-likeness (QED) is 0.122. The largest absolute Gasteiger partial charge is 0.456 e. The van der Waals surface area contributed by atoms with Crippen molar-refractivity contribution in [3.05, 3.63) is 409 Å². The molecule has 6 aromatic heterocycles. The number of fused-ring (bicyclic) bond motifs is 24. The number of nitrogens with zero attached hydrogens (tertiary/aromatic N) is 8. The van der Waals surface area contributed by atoms with Crippen LogP contribution in [0, 0.1) is 41.5 Å². The monoisotopic (exact) mass is 1690 g/mol. The Kier molecular flexibility index (Phi) is 18.1. The van der Waals surface area contributed by atoms with E-state index in [9.17, 15) is 0 Å². The molecule has 10 nitrogen and oxygen atoms in total. The number of para-hydroxylation sites is 4. The SMILES string of the molecule is Cc1cc(C)cc(-c2nc(-c3cc(C)cc(C)c3)nc(-c3cccc(-c4nc5ccccc5c5c(-c6ccc7c8ccccc8c8ccccc8c7c6)c6c(cc45)oc4ccccc46)c3)n2)c1.Cc1ccc(-c2nc(-c3ccc(C)cc3)nc(-c3cccc(-c4nc5ccccc5c5c(-c6ccc7c8ccccc8c8ccccc8c7c6)c6c(cc45)oc4ccccc46)c3)n2)cc1. The Morgan fingerprint density at radius 2 is 0.432 bits per heavy atom. The molecule has 6 heterocycles. The number of furan rings is 2. The van der Waals surface area contributed by atoms with Gasteiger partial charge in [0.2, 0.25) is 0 Å². The van der Waals surface area contributed by atoms with E-state index in [1.54, 1.807) is 0 Å². The van der Waals surface area contributed by atoms with Crippen molar-refractivity contribution in [3.63, 3.8) is 0 Å². The molecule has 0 aliphatic carbocycles. The molecule has 0 amide bonds. The number of pyridine rings is 2. The molecule has 0 saturated heterocycles. The van der Waals surface area contributed by atoms with Crippen LogP contribution in [-0.2, 0) is 0 Å². The van der Waals surface area contributed by atoms with Gasteiger partial charge in [0.15, 0.2) is 34.9 Å². The van der Waals surface area contributed by atoms with Crippen molar-refractivity contribution in [2.24, 2.45) is 0 Å². The van der Waals surface area contributed by atoms with E-state index < -0.39 is 0 Å². The van der Waals surface area contributed by atoms with Crippen LogP contribution in [0.5, 0.6) is 0 Å². The number of aryl methyl sites for hydroxylation is 6. The number of rotatable bonds is 10. The fourth-order valence-corrected chi connectivity index (χ4v) is 20.5. The first kappa shape index (κ1) is 77.3. The van der Waals surface area contributed by atoms with E-state index in [1.807, 2.05) is 12.1 Å². The summed E-state index contributed by atoms with van der Waals surface area (Å²) < 4.78 is 13.6. The summed E-state index contributed by atoms with van der Waals surface area (Å²) in [5.74, 6) is 3.71. The third-order valence-electron chi connectivity index (χ3n) is 26.4. The Balaban J connectivity index is 0.000000142. The third-order valence-corrected chi connectivity index (χ3v) is 26.4. The number of hydrogen-bond acceptors (Lipinski definition) is 10. The number of aromatic nitrogens is 8. The maximum atomic E-state index is 6.82. The van der Waals surface area contributed by atoms with Crippen LogP contribution < -0.4 is 0 Å². The van der Waals surface area contributed by atoms with Crippen molar-refractivity contribution >= 4 is 152 Å². The van der Waals surface area contributed by atoms with Crippen molar-refractivity contribution in [2.75, 3.05) is 0 Å². The zero-order valence-corrected chi connectivity index (χ0v) is 73.2. The Morgan fingerprint density at radius 1 is 0.152 bits per heavy atom. The van der Waals surface area contributed by atoms with Gasteiger partial charge in [0.1, 0.15) is 22.3 Å². The van der Waals surface area contributed by atoms with Crippen LogP contribution in [0.25, 0.3) is 265 Å². The lowest BCUT2D eigenvalue weighted by Crippen LogP contribution is -2.01. The molecule has 26 rings (SSSR count). The normalized spacial score (nSPS) is 11.9. The first-order valence-electron chi connectivity index (χ1n) is 44.9. The van der Waals surface area contributed by atoms with Crippen LogP contribution >= 0.6 is 0 Å². The maximum absolute atomic E-state index is 6.82. The highest BCUT2D eigenvalue weighted by Crippen LogP contribution is 2.52. The van der Waals surface area contributed by atoms with Crippen LogP contribution in [0.4, 0.5) is 0 Å². The van der Waals surface area contributed by atoms with Crippen LogP contribution in [0.1, 0.15) is 33.4 Å². The molecule has 0 spiro atoms. The number of benzene rings is 20. The molecule has 0 N–H and O–H groups in total. The smallest absolute Gasteiger partial charge is 0.164 e. The van der Waals surface area contributed by atoms with Gasteiger partial charge in [-0.2, -0.15) is 0 Å². The lowest BCUT2D eigenvalue weighted by atomic mass is 9.87. The summed E-state index contributed by atoms with van der Waals surface area (Å²) in [5, 5.41) is 25.6. The predicted octanol–water partition coefficient (Wildman–Crippen LogP) is 32.4. The van der Waals surface area contributed by atoms with Crippen LogP contribution in [0.15, 0.2) is 385 Å². The zero-order chi connectivity index (χ0) is 88.1. The number of hydrogen-bond donors (Lipinski definition) is 0. The van der Waals surface area contributed by atoms with E-state index in [-0.39, 0.29) is 0 Å². The van der Waals surface area contributed by atoms with Crippen molar-refractivity contribution in [2.45, 2.75) is 41.5 Å². The van der Waals surface area contributed by atoms with E-state index in [0.717, 1.165) is 188 Å². The summed E-state index contributed by atoms with van der Waals surface area (Å²) in [6, 6.07) is 134. The average molecular weight is 1690 g/mol. The van der Waals surface area contributed by atoms with Gasteiger partial charge >= 0.3 is 0 Å². The molecular formula is C122H80N8O2. The second-order valence-corrected chi connectivity index (χ2v) is 35.2. The van der Waals surface area contributed by atoms with Gasteiger partial charge in [0.05, 0.1) is 22.4 Å². The van der Waals surface area contributed by atoms with Gasteiger partial charge in [-0.3, -0.25) is 0 Å². The molecule has 26 aromatic rings. The standard InChI is InChI=1S/C62H42N4O.C60H38N4O/c1-35-26-36(2)29-42(28-35)61-64-60(65-62(66-61)43-30-37(3)27-38(4)31-43)41-15-13-14-40(32-41)59-52-34-55-58(50-21-10-12-23-54(50)67-55)56(57(52)49-20-9-11-22-53(49)63-59)39-24-25-48-46-18-6-5-16-44(46)45-17-7-8-19-47(45)51(48)33-39;1-35-22-26-37(27-23-35)58-62-59(38-28-24-36(2)25-29-38)64-60(63-58)41-13-11-12-40(32-41)57-50-34-53-56(48-19-8-10-21-52(48)65-53)54(55(50)47-18-7-9-20-51(47)61-57)39-30-31-46-44-16-4-3-14-42(44)43-15-5-6-17-45(43)49(46)33-39/h5-34H,1-4H3;3-34H,1-2H3. The van der Waals surface area contributed by atoms with Crippen molar-refractivity contribution in [3.8, 4) is 113 Å². The zero-order valence-electron chi connectivity index (χ0n) is 73.2. The Bertz CT molecular complexity index is 9130. The van der Waals surface area contributed by atoms with Gasteiger partial charge in [0.25, 0.3) is 0 Å². The Morgan fingerprint density at radius 3 is 0.788 bits per heavy atom. The summed E-state index contributed by atoms with van der Waals surface area (Å²) in [4.78, 5) is 41.7. The first-order chi connectivity index (χ1) is 64.8. The molecule has 620 valence electrons. The van der Waals surface area contributed by atoms with Gasteiger partial charge in [-0.1, -0.05) is 325 Å². The van der Waals surface area contributed by atoms with Crippen molar-refractivity contribution in [1.82, 2.24) is 39.9 Å². The summed E-state index contributed by atoms with van der Waals surface area (Å²) in [5.41, 5.74) is 25.8. The molecule has 0 radical (unpaired) electrons. The molecule has 132 heavy (non-hydrogen) atoms. The fraction of sp³-hybridized carbons (Fsp3) is 0.0492. The predicted molar refractivity (Wildman–Crippen MR) is 548 cm³/mol. The summed E-state index contributed by atoms with van der Waals surface area (Å²) >= 11 is 0. The van der Waals surface area contributed by atoms with Gasteiger partial charge in [-0.25, -0.2) is 39.9 Å². The Labute approximate surface area is 759 Å². The molecule has 0 saturated carbocycles. The van der Waals surface area contributed by atoms with Crippen molar-refractivity contribution in [1.29, 1.82) is 0 Å². The molecule has 20 aromatic carbocycles. The lowest BCUT2D eigenvalue weighted by Gasteiger charge is -2.17.